The molecular formula is C26H39ClO3. The van der Waals surface area contributed by atoms with Gasteiger partial charge in [-0.2, -0.15) is 0 Å². The molecule has 0 saturated heterocycles. The Morgan fingerprint density at radius 3 is 2.70 bits per heavy atom. The highest BCUT2D eigenvalue weighted by molar-refractivity contribution is 6.17. The van der Waals surface area contributed by atoms with Crippen LogP contribution in [0, 0.1) is 34.5 Å². The third-order valence-corrected chi connectivity index (χ3v) is 9.89. The van der Waals surface area contributed by atoms with Crippen molar-refractivity contribution in [2.75, 3.05) is 5.88 Å². The Labute approximate surface area is 187 Å². The number of alkyl halides is 1. The Kier molecular flexibility index (Phi) is 6.16. The van der Waals surface area contributed by atoms with Crippen molar-refractivity contribution in [3.8, 4) is 0 Å². The van der Waals surface area contributed by atoms with Gasteiger partial charge in [-0.3, -0.25) is 9.59 Å². The van der Waals surface area contributed by atoms with Crippen LogP contribution in [0.25, 0.3) is 0 Å². The van der Waals surface area contributed by atoms with E-state index in [9.17, 15) is 9.59 Å². The van der Waals surface area contributed by atoms with Crippen molar-refractivity contribution in [1.29, 1.82) is 0 Å². The predicted molar refractivity (Wildman–Crippen MR) is 120 cm³/mol. The van der Waals surface area contributed by atoms with Crippen LogP contribution in [0.4, 0.5) is 0 Å². The van der Waals surface area contributed by atoms with Crippen molar-refractivity contribution >= 4 is 23.4 Å². The quantitative estimate of drug-likeness (QED) is 0.367. The maximum Gasteiger partial charge on any atom is 0.302 e. The molecule has 0 aromatic rings. The van der Waals surface area contributed by atoms with E-state index in [-0.39, 0.29) is 22.9 Å². The third kappa shape index (κ3) is 3.57. The number of ketones is 1. The molecule has 0 spiro atoms. The lowest BCUT2D eigenvalue weighted by atomic mass is 9.48. The average molecular weight is 435 g/mol. The second kappa shape index (κ2) is 8.26. The first-order valence-corrected chi connectivity index (χ1v) is 12.7. The molecule has 4 aliphatic rings. The molecule has 3 fully saturated rings. The number of Topliss-reactive ketones (excluding diaryl/α,β-unsaturated/α-hetero) is 1. The van der Waals surface area contributed by atoms with Gasteiger partial charge in [-0.15, -0.1) is 11.6 Å². The van der Waals surface area contributed by atoms with Crippen LogP contribution in [0.1, 0.15) is 91.9 Å². The molecule has 0 radical (unpaired) electrons. The fourth-order valence-electron chi connectivity index (χ4n) is 8.09. The zero-order chi connectivity index (χ0) is 21.7. The summed E-state index contributed by atoms with van der Waals surface area (Å²) < 4.78 is 5.58. The second-order valence-corrected chi connectivity index (χ2v) is 11.6. The summed E-state index contributed by atoms with van der Waals surface area (Å²) in [5.41, 5.74) is 3.07. The molecule has 4 heteroatoms. The first kappa shape index (κ1) is 22.4. The van der Waals surface area contributed by atoms with E-state index in [1.54, 1.807) is 0 Å². The van der Waals surface area contributed by atoms with Gasteiger partial charge in [0.2, 0.25) is 0 Å². The van der Waals surface area contributed by atoms with Gasteiger partial charge in [0, 0.05) is 24.8 Å². The van der Waals surface area contributed by atoms with Crippen LogP contribution in [0.3, 0.4) is 0 Å². The second-order valence-electron chi connectivity index (χ2n) is 11.2. The summed E-state index contributed by atoms with van der Waals surface area (Å²) in [5, 5.41) is 0. The summed E-state index contributed by atoms with van der Waals surface area (Å²) in [7, 11) is 0. The molecule has 0 amide bonds. The first-order valence-electron chi connectivity index (χ1n) is 12.2. The summed E-state index contributed by atoms with van der Waals surface area (Å²) in [6.45, 7) is 8.72. The maximum absolute atomic E-state index is 13.4. The lowest BCUT2D eigenvalue weighted by Crippen LogP contribution is -2.49. The molecule has 0 aromatic heterocycles. The van der Waals surface area contributed by atoms with Crippen LogP contribution < -0.4 is 0 Å². The van der Waals surface area contributed by atoms with Gasteiger partial charge in [0.05, 0.1) is 0 Å². The van der Waals surface area contributed by atoms with E-state index in [4.69, 9.17) is 16.3 Å². The number of carbonyl (C=O) groups is 2. The van der Waals surface area contributed by atoms with Crippen LogP contribution in [0.2, 0.25) is 0 Å². The highest BCUT2D eigenvalue weighted by Gasteiger charge is 2.58. The summed E-state index contributed by atoms with van der Waals surface area (Å²) in [6, 6.07) is 0. The Bertz CT molecular complexity index is 743. The summed E-state index contributed by atoms with van der Waals surface area (Å²) in [6.07, 6.45) is 10.6. The lowest BCUT2D eigenvalue weighted by Gasteiger charge is -2.56. The predicted octanol–water partition coefficient (Wildman–Crippen LogP) is 6.48. The van der Waals surface area contributed by atoms with E-state index in [0.717, 1.165) is 57.8 Å². The van der Waals surface area contributed by atoms with E-state index >= 15 is 0 Å². The number of rotatable bonds is 5. The monoisotopic (exact) mass is 434 g/mol. The van der Waals surface area contributed by atoms with Gasteiger partial charge in [0.25, 0.3) is 0 Å². The van der Waals surface area contributed by atoms with Crippen molar-refractivity contribution in [2.45, 2.75) is 98.0 Å². The fraction of sp³-hybridized carbons (Fsp3) is 0.846. The lowest BCUT2D eigenvalue weighted by molar-refractivity contribution is -0.152. The summed E-state index contributed by atoms with van der Waals surface area (Å²) in [5.74, 6) is 3.17. The molecule has 3 nitrogen and oxygen atoms in total. The molecule has 30 heavy (non-hydrogen) atoms. The average Bonchev–Trinajstić information content (AvgIpc) is 2.97. The van der Waals surface area contributed by atoms with Gasteiger partial charge >= 0.3 is 5.97 Å². The zero-order valence-electron chi connectivity index (χ0n) is 19.3. The van der Waals surface area contributed by atoms with Crippen LogP contribution in [0.15, 0.2) is 11.1 Å². The van der Waals surface area contributed by atoms with Gasteiger partial charge in [0.15, 0.2) is 5.78 Å². The molecule has 3 saturated carbocycles. The van der Waals surface area contributed by atoms with Gasteiger partial charge in [-0.05, 0) is 92.3 Å². The minimum Gasteiger partial charge on any atom is -0.463 e. The van der Waals surface area contributed by atoms with Gasteiger partial charge in [-0.25, -0.2) is 0 Å². The molecule has 4 aliphatic carbocycles. The highest BCUT2D eigenvalue weighted by atomic mass is 35.5. The third-order valence-electron chi connectivity index (χ3n) is 9.62. The SMILES string of the molecule is CC(=O)O[C@H]1CC[C@@]2(C)[C@@H](CCC3=C4C(=O)C[C@H]([C@H](C)CCCCl)[C@@]4(C)CC[C@@H]32)C1. The Morgan fingerprint density at radius 1 is 1.23 bits per heavy atom. The Balaban J connectivity index is 1.60. The van der Waals surface area contributed by atoms with E-state index in [1.807, 2.05) is 0 Å². The van der Waals surface area contributed by atoms with Gasteiger partial charge in [-0.1, -0.05) is 26.3 Å². The molecule has 0 aliphatic heterocycles. The molecule has 0 bridgehead atoms. The van der Waals surface area contributed by atoms with Crippen LogP contribution in [0.5, 0.6) is 0 Å². The first-order chi connectivity index (χ1) is 14.2. The van der Waals surface area contributed by atoms with Crippen molar-refractivity contribution in [2.24, 2.45) is 34.5 Å². The standard InChI is InChI=1S/C26H39ClO3/c1-16(6-5-13-27)22-15-23(29)24-20-8-7-18-14-19(30-17(2)28)9-11-25(18,3)21(20)10-12-26(22,24)4/h16,18-19,21-22H,5-15H2,1-4H3/t16-,18+,19+,21+,22-,25+,26-/m1/s1. The largest absolute Gasteiger partial charge is 0.463 e. The van der Waals surface area contributed by atoms with Crippen LogP contribution in [-0.4, -0.2) is 23.7 Å². The molecule has 0 heterocycles. The molecule has 0 unspecified atom stereocenters. The Hall–Kier alpha value is -0.830. The van der Waals surface area contributed by atoms with Crippen molar-refractivity contribution in [1.82, 2.24) is 0 Å². The van der Waals surface area contributed by atoms with Crippen molar-refractivity contribution < 1.29 is 14.3 Å². The molecule has 168 valence electrons. The summed E-state index contributed by atoms with van der Waals surface area (Å²) in [4.78, 5) is 24.8. The normalized spacial score (nSPS) is 41.7. The van der Waals surface area contributed by atoms with Crippen molar-refractivity contribution in [3.63, 3.8) is 0 Å². The van der Waals surface area contributed by atoms with Crippen molar-refractivity contribution in [3.05, 3.63) is 11.1 Å². The number of fused-ring (bicyclic) bond motifs is 4. The molecule has 0 N–H and O–H groups in total. The number of esters is 1. The fourth-order valence-corrected chi connectivity index (χ4v) is 8.25. The minimum absolute atomic E-state index is 0.0623. The number of carbonyl (C=O) groups excluding carboxylic acids is 2. The molecular weight excluding hydrogens is 396 g/mol. The van der Waals surface area contributed by atoms with E-state index in [1.165, 1.54) is 24.5 Å². The van der Waals surface area contributed by atoms with Crippen LogP contribution in [-0.2, 0) is 14.3 Å². The minimum atomic E-state index is -0.151. The van der Waals surface area contributed by atoms with Gasteiger partial charge < -0.3 is 4.74 Å². The maximum atomic E-state index is 13.4. The van der Waals surface area contributed by atoms with E-state index in [0.29, 0.717) is 35.3 Å². The number of allylic oxidation sites excluding steroid dienone is 2. The van der Waals surface area contributed by atoms with E-state index < -0.39 is 0 Å². The number of ether oxygens (including phenoxy) is 1. The number of hydrogen-bond donors (Lipinski definition) is 0. The number of hydrogen-bond acceptors (Lipinski definition) is 3. The zero-order valence-corrected chi connectivity index (χ0v) is 20.0. The number of halogens is 1. The highest BCUT2D eigenvalue weighted by Crippen LogP contribution is 2.65. The molecule has 4 rings (SSSR count). The van der Waals surface area contributed by atoms with Crippen LogP contribution >= 0.6 is 11.6 Å². The topological polar surface area (TPSA) is 43.4 Å². The van der Waals surface area contributed by atoms with Gasteiger partial charge in [0.1, 0.15) is 6.10 Å². The Morgan fingerprint density at radius 2 is 2.00 bits per heavy atom. The molecule has 7 atom stereocenters. The smallest absolute Gasteiger partial charge is 0.302 e. The van der Waals surface area contributed by atoms with E-state index in [2.05, 4.69) is 20.8 Å². The summed E-state index contributed by atoms with van der Waals surface area (Å²) >= 11 is 5.96. The molecule has 0 aromatic carbocycles.